The highest BCUT2D eigenvalue weighted by Gasteiger charge is 2.08. The van der Waals surface area contributed by atoms with Crippen LogP contribution in [0.3, 0.4) is 0 Å². The Kier molecular flexibility index (Phi) is 3.46. The predicted molar refractivity (Wildman–Crippen MR) is 90.4 cm³/mol. The van der Waals surface area contributed by atoms with Gasteiger partial charge >= 0.3 is 0 Å². The minimum Gasteiger partial charge on any atom is -0.495 e. The molecule has 0 bridgehead atoms. The molecule has 0 aliphatic rings. The number of methoxy groups -OCH3 is 1. The van der Waals surface area contributed by atoms with Gasteiger partial charge in [-0.05, 0) is 29.8 Å². The number of pyridine rings is 2. The summed E-state index contributed by atoms with van der Waals surface area (Å²) in [6.45, 7) is 0. The molecular weight excluding hydrogens is 305 g/mol. The van der Waals surface area contributed by atoms with E-state index in [1.54, 1.807) is 19.2 Å². The SMILES string of the molecule is COc1ccc2nc(-c3ccc(-c4cccnc4F)cc3)cn2c1. The molecule has 0 aliphatic carbocycles. The van der Waals surface area contributed by atoms with E-state index in [2.05, 4.69) is 9.97 Å². The van der Waals surface area contributed by atoms with Gasteiger partial charge in [0.2, 0.25) is 5.95 Å². The van der Waals surface area contributed by atoms with Crippen LogP contribution < -0.4 is 4.74 Å². The van der Waals surface area contributed by atoms with Gasteiger partial charge in [0, 0.05) is 23.5 Å². The lowest BCUT2D eigenvalue weighted by molar-refractivity contribution is 0.412. The van der Waals surface area contributed by atoms with Crippen LogP contribution in [0, 0.1) is 5.95 Å². The van der Waals surface area contributed by atoms with Gasteiger partial charge in [-0.25, -0.2) is 9.97 Å². The molecule has 0 fully saturated rings. The molecule has 24 heavy (non-hydrogen) atoms. The van der Waals surface area contributed by atoms with Crippen LogP contribution in [0.4, 0.5) is 4.39 Å². The van der Waals surface area contributed by atoms with Gasteiger partial charge in [-0.2, -0.15) is 4.39 Å². The van der Waals surface area contributed by atoms with Crippen LogP contribution in [0.15, 0.2) is 67.1 Å². The number of ether oxygens (including phenoxy) is 1. The van der Waals surface area contributed by atoms with E-state index >= 15 is 0 Å². The summed E-state index contributed by atoms with van der Waals surface area (Å²) in [5.74, 6) is 0.305. The van der Waals surface area contributed by atoms with Crippen molar-refractivity contribution in [2.24, 2.45) is 0 Å². The summed E-state index contributed by atoms with van der Waals surface area (Å²) in [5.41, 5.74) is 3.93. The Bertz CT molecular complexity index is 1010. The van der Waals surface area contributed by atoms with Crippen molar-refractivity contribution in [1.82, 2.24) is 14.4 Å². The third kappa shape index (κ3) is 2.50. The number of benzene rings is 1. The van der Waals surface area contributed by atoms with E-state index in [9.17, 15) is 4.39 Å². The number of nitrogens with zero attached hydrogens (tertiary/aromatic N) is 3. The molecule has 0 aliphatic heterocycles. The summed E-state index contributed by atoms with van der Waals surface area (Å²) in [6, 6.07) is 14.8. The summed E-state index contributed by atoms with van der Waals surface area (Å²) in [7, 11) is 1.63. The van der Waals surface area contributed by atoms with Crippen molar-refractivity contribution >= 4 is 5.65 Å². The Morgan fingerprint density at radius 1 is 0.958 bits per heavy atom. The molecule has 3 heterocycles. The quantitative estimate of drug-likeness (QED) is 0.531. The molecule has 0 saturated heterocycles. The normalized spacial score (nSPS) is 10.9. The Hall–Kier alpha value is -3.21. The van der Waals surface area contributed by atoms with Crippen LogP contribution >= 0.6 is 0 Å². The number of halogens is 1. The number of hydrogen-bond donors (Lipinski definition) is 0. The van der Waals surface area contributed by atoms with E-state index in [0.29, 0.717) is 5.56 Å². The van der Waals surface area contributed by atoms with Crippen LogP contribution in [0.5, 0.6) is 5.75 Å². The van der Waals surface area contributed by atoms with Crippen molar-refractivity contribution in [3.05, 3.63) is 73.1 Å². The van der Waals surface area contributed by atoms with Crippen molar-refractivity contribution in [3.8, 4) is 28.1 Å². The standard InChI is InChI=1S/C19H14FN3O/c1-24-15-8-9-18-22-17(12-23(18)11-15)14-6-4-13(5-7-14)16-3-2-10-21-19(16)20/h2-12H,1H3. The monoisotopic (exact) mass is 319 g/mol. The van der Waals surface area contributed by atoms with Gasteiger partial charge in [0.25, 0.3) is 0 Å². The van der Waals surface area contributed by atoms with Gasteiger partial charge in [0.05, 0.1) is 19.0 Å². The summed E-state index contributed by atoms with van der Waals surface area (Å²) >= 11 is 0. The van der Waals surface area contributed by atoms with E-state index in [-0.39, 0.29) is 0 Å². The van der Waals surface area contributed by atoms with Gasteiger partial charge < -0.3 is 9.14 Å². The average molecular weight is 319 g/mol. The van der Waals surface area contributed by atoms with Crippen LogP contribution in [0.1, 0.15) is 0 Å². The first-order chi connectivity index (χ1) is 11.7. The number of hydrogen-bond acceptors (Lipinski definition) is 3. The maximum atomic E-state index is 13.8. The molecular formula is C19H14FN3O. The van der Waals surface area contributed by atoms with E-state index in [4.69, 9.17) is 4.74 Å². The molecule has 0 amide bonds. The van der Waals surface area contributed by atoms with Gasteiger partial charge in [-0.1, -0.05) is 24.3 Å². The van der Waals surface area contributed by atoms with Crippen molar-refractivity contribution in [2.75, 3.05) is 7.11 Å². The Morgan fingerprint density at radius 3 is 2.50 bits per heavy atom. The molecule has 3 aromatic heterocycles. The van der Waals surface area contributed by atoms with Gasteiger partial charge in [0.15, 0.2) is 0 Å². The molecule has 0 atom stereocenters. The molecule has 4 nitrogen and oxygen atoms in total. The summed E-state index contributed by atoms with van der Waals surface area (Å²) < 4.78 is 20.9. The fourth-order valence-electron chi connectivity index (χ4n) is 2.65. The first-order valence-corrected chi connectivity index (χ1v) is 7.49. The van der Waals surface area contributed by atoms with Crippen molar-refractivity contribution < 1.29 is 9.13 Å². The largest absolute Gasteiger partial charge is 0.495 e. The Balaban J connectivity index is 1.71. The van der Waals surface area contributed by atoms with Crippen LogP contribution in [0.25, 0.3) is 28.0 Å². The van der Waals surface area contributed by atoms with Crippen molar-refractivity contribution in [3.63, 3.8) is 0 Å². The lowest BCUT2D eigenvalue weighted by Crippen LogP contribution is -1.87. The molecule has 118 valence electrons. The highest BCUT2D eigenvalue weighted by atomic mass is 19.1. The predicted octanol–water partition coefficient (Wildman–Crippen LogP) is 4.21. The lowest BCUT2D eigenvalue weighted by atomic mass is 10.0. The number of imidazole rings is 1. The first-order valence-electron chi connectivity index (χ1n) is 7.49. The molecule has 4 rings (SSSR count). The van der Waals surface area contributed by atoms with Gasteiger partial charge in [0.1, 0.15) is 11.4 Å². The third-order valence-corrected chi connectivity index (χ3v) is 3.91. The molecule has 4 aromatic rings. The molecule has 0 saturated carbocycles. The smallest absolute Gasteiger partial charge is 0.220 e. The fourth-order valence-corrected chi connectivity index (χ4v) is 2.65. The minimum atomic E-state index is -0.468. The van der Waals surface area contributed by atoms with Gasteiger partial charge in [-0.15, -0.1) is 0 Å². The second-order valence-corrected chi connectivity index (χ2v) is 5.38. The van der Waals surface area contributed by atoms with E-state index in [1.807, 2.05) is 53.2 Å². The molecule has 0 unspecified atom stereocenters. The molecule has 1 aromatic carbocycles. The van der Waals surface area contributed by atoms with Crippen molar-refractivity contribution in [1.29, 1.82) is 0 Å². The maximum absolute atomic E-state index is 13.8. The van der Waals surface area contributed by atoms with Crippen LogP contribution in [0.2, 0.25) is 0 Å². The average Bonchev–Trinajstić information content (AvgIpc) is 3.05. The van der Waals surface area contributed by atoms with E-state index in [1.165, 1.54) is 6.20 Å². The van der Waals surface area contributed by atoms with Crippen LogP contribution in [-0.4, -0.2) is 21.5 Å². The number of fused-ring (bicyclic) bond motifs is 1. The zero-order valence-corrected chi connectivity index (χ0v) is 13.0. The van der Waals surface area contributed by atoms with Crippen LogP contribution in [-0.2, 0) is 0 Å². The second kappa shape index (κ2) is 5.77. The summed E-state index contributed by atoms with van der Waals surface area (Å²) in [6.07, 6.45) is 5.26. The Morgan fingerprint density at radius 2 is 1.75 bits per heavy atom. The number of aromatic nitrogens is 3. The van der Waals surface area contributed by atoms with E-state index < -0.39 is 5.95 Å². The second-order valence-electron chi connectivity index (χ2n) is 5.38. The Labute approximate surface area is 138 Å². The topological polar surface area (TPSA) is 39.4 Å². The highest BCUT2D eigenvalue weighted by Crippen LogP contribution is 2.26. The maximum Gasteiger partial charge on any atom is 0.220 e. The number of rotatable bonds is 3. The zero-order valence-electron chi connectivity index (χ0n) is 13.0. The zero-order chi connectivity index (χ0) is 16.5. The fraction of sp³-hybridized carbons (Fsp3) is 0.0526. The third-order valence-electron chi connectivity index (χ3n) is 3.91. The molecule has 0 radical (unpaired) electrons. The summed E-state index contributed by atoms with van der Waals surface area (Å²) in [4.78, 5) is 8.29. The van der Waals surface area contributed by atoms with Crippen molar-refractivity contribution in [2.45, 2.75) is 0 Å². The molecule has 0 spiro atoms. The molecule has 0 N–H and O–H groups in total. The minimum absolute atomic E-state index is 0.468. The lowest BCUT2D eigenvalue weighted by Gasteiger charge is -2.03. The summed E-state index contributed by atoms with van der Waals surface area (Å²) in [5, 5.41) is 0. The van der Waals surface area contributed by atoms with Gasteiger partial charge in [-0.3, -0.25) is 0 Å². The first kappa shape index (κ1) is 14.4. The van der Waals surface area contributed by atoms with E-state index in [0.717, 1.165) is 28.2 Å². The highest BCUT2D eigenvalue weighted by molar-refractivity contribution is 5.69. The molecule has 5 heteroatoms.